The van der Waals surface area contributed by atoms with Crippen molar-refractivity contribution >= 4 is 41.1 Å². The molecule has 0 aliphatic carbocycles. The van der Waals surface area contributed by atoms with Crippen LogP contribution in [0.25, 0.3) is 11.3 Å². The minimum atomic E-state index is -0.726. The molecule has 1 amide bonds. The summed E-state index contributed by atoms with van der Waals surface area (Å²) in [6, 6.07) is 15.6. The quantitative estimate of drug-likeness (QED) is 0.302. The van der Waals surface area contributed by atoms with Crippen molar-refractivity contribution in [2.24, 2.45) is 4.99 Å². The number of aromatic nitrogens is 2. The van der Waals surface area contributed by atoms with E-state index >= 15 is 0 Å². The van der Waals surface area contributed by atoms with E-state index in [1.807, 2.05) is 0 Å². The van der Waals surface area contributed by atoms with Crippen LogP contribution < -0.4 is 10.6 Å². The number of nitrogens with zero attached hydrogens (tertiary/aromatic N) is 4. The fourth-order valence-electron chi connectivity index (χ4n) is 5.30. The zero-order valence-corrected chi connectivity index (χ0v) is 23.3. The maximum Gasteiger partial charge on any atom is 0.253 e. The van der Waals surface area contributed by atoms with E-state index in [0.717, 1.165) is 6.29 Å². The number of aldehydes is 1. The summed E-state index contributed by atoms with van der Waals surface area (Å²) in [5, 5.41) is 6.56. The van der Waals surface area contributed by atoms with E-state index in [2.05, 4.69) is 20.6 Å². The molecule has 0 radical (unpaired) electrons. The third kappa shape index (κ3) is 5.03. The monoisotopic (exact) mass is 586 g/mol. The van der Waals surface area contributed by atoms with Crippen molar-refractivity contribution in [2.75, 3.05) is 25.5 Å². The maximum absolute atomic E-state index is 14.8. The Labute approximate surface area is 245 Å². The number of carbonyl (C=O) groups excluding carboxylic acids is 2. The minimum Gasteiger partial charge on any atom is -0.336 e. The lowest BCUT2D eigenvalue weighted by Gasteiger charge is -2.22. The van der Waals surface area contributed by atoms with Gasteiger partial charge in [-0.2, -0.15) is 0 Å². The predicted molar refractivity (Wildman–Crippen MR) is 156 cm³/mol. The molecule has 1 aromatic heterocycles. The van der Waals surface area contributed by atoms with Crippen LogP contribution >= 0.6 is 11.6 Å². The first-order chi connectivity index (χ1) is 20.3. The lowest BCUT2D eigenvalue weighted by molar-refractivity contribution is -0.112. The van der Waals surface area contributed by atoms with Crippen molar-refractivity contribution in [1.29, 1.82) is 0 Å². The summed E-state index contributed by atoms with van der Waals surface area (Å²) < 4.78 is 29.6. The Morgan fingerprint density at radius 3 is 2.52 bits per heavy atom. The Kier molecular flexibility index (Phi) is 7.26. The number of benzene rings is 3. The number of rotatable bonds is 6. The molecular weight excluding hydrogens is 562 g/mol. The number of likely N-dealkylation sites (tertiary alicyclic amines) is 1. The molecule has 1 unspecified atom stereocenters. The van der Waals surface area contributed by atoms with Gasteiger partial charge in [0.15, 0.2) is 0 Å². The zero-order chi connectivity index (χ0) is 29.4. The van der Waals surface area contributed by atoms with Crippen LogP contribution in [0.15, 0.2) is 71.9 Å². The summed E-state index contributed by atoms with van der Waals surface area (Å²) in [7, 11) is 1.72. The smallest absolute Gasteiger partial charge is 0.253 e. The SMILES string of the molecule is CNC1(C=O)CCN(C(=O)c2ccc(Nc3ncc4c(n3)-c3ccc(Cl)cc3C(c3c(F)cccc3F)=NC4)cc2)C1. The van der Waals surface area contributed by atoms with Gasteiger partial charge < -0.3 is 20.3 Å². The molecule has 42 heavy (non-hydrogen) atoms. The van der Waals surface area contributed by atoms with Gasteiger partial charge in [0.25, 0.3) is 5.91 Å². The normalized spacial score (nSPS) is 17.6. The van der Waals surface area contributed by atoms with Crippen molar-refractivity contribution in [2.45, 2.75) is 18.5 Å². The van der Waals surface area contributed by atoms with E-state index in [0.29, 0.717) is 64.1 Å². The van der Waals surface area contributed by atoms with Gasteiger partial charge >= 0.3 is 0 Å². The van der Waals surface area contributed by atoms with E-state index in [4.69, 9.17) is 16.6 Å². The average Bonchev–Trinajstić information content (AvgIpc) is 3.38. The molecule has 0 bridgehead atoms. The van der Waals surface area contributed by atoms with Gasteiger partial charge in [-0.3, -0.25) is 9.79 Å². The van der Waals surface area contributed by atoms with Gasteiger partial charge in [-0.05, 0) is 62.0 Å². The van der Waals surface area contributed by atoms with Gasteiger partial charge in [0.05, 0.1) is 29.1 Å². The fraction of sp³-hybridized carbons (Fsp3) is 0.194. The molecule has 2 aliphatic heterocycles. The van der Waals surface area contributed by atoms with Gasteiger partial charge in [-0.1, -0.05) is 23.7 Å². The fourth-order valence-corrected chi connectivity index (χ4v) is 5.47. The van der Waals surface area contributed by atoms with Crippen molar-refractivity contribution in [3.8, 4) is 11.3 Å². The van der Waals surface area contributed by atoms with Crippen molar-refractivity contribution in [1.82, 2.24) is 20.2 Å². The Hall–Kier alpha value is -4.54. The highest BCUT2D eigenvalue weighted by Crippen LogP contribution is 2.35. The molecule has 4 aromatic rings. The van der Waals surface area contributed by atoms with Crippen molar-refractivity contribution in [3.63, 3.8) is 0 Å². The number of likely N-dealkylation sites (N-methyl/N-ethyl adjacent to an activating group) is 1. The van der Waals surface area contributed by atoms with E-state index in [9.17, 15) is 18.4 Å². The maximum atomic E-state index is 14.8. The molecule has 8 nitrogen and oxygen atoms in total. The molecule has 1 saturated heterocycles. The number of halogens is 3. The van der Waals surface area contributed by atoms with E-state index in [-0.39, 0.29) is 23.7 Å². The minimum absolute atomic E-state index is 0.108. The highest BCUT2D eigenvalue weighted by molar-refractivity contribution is 6.31. The van der Waals surface area contributed by atoms with Crippen LogP contribution in [0.5, 0.6) is 0 Å². The zero-order valence-electron chi connectivity index (χ0n) is 22.5. The summed E-state index contributed by atoms with van der Waals surface area (Å²) in [6.07, 6.45) is 3.05. The summed E-state index contributed by atoms with van der Waals surface area (Å²) >= 11 is 6.30. The van der Waals surface area contributed by atoms with Gasteiger partial charge in [0.1, 0.15) is 17.9 Å². The lowest BCUT2D eigenvalue weighted by atomic mass is 9.95. The summed E-state index contributed by atoms with van der Waals surface area (Å²) in [5.41, 5.74) is 2.65. The Bertz CT molecular complexity index is 1730. The van der Waals surface area contributed by atoms with Crippen molar-refractivity contribution in [3.05, 3.63) is 106 Å². The van der Waals surface area contributed by atoms with Crippen LogP contribution in [-0.4, -0.2) is 58.4 Å². The Balaban J connectivity index is 1.27. The van der Waals surface area contributed by atoms with E-state index < -0.39 is 17.2 Å². The molecule has 1 atom stereocenters. The summed E-state index contributed by atoms with van der Waals surface area (Å²) in [6.45, 7) is 0.913. The predicted octanol–water partition coefficient (Wildman–Crippen LogP) is 5.17. The third-order valence-corrected chi connectivity index (χ3v) is 7.90. The first-order valence-corrected chi connectivity index (χ1v) is 13.7. The highest BCUT2D eigenvalue weighted by atomic mass is 35.5. The second kappa shape index (κ2) is 11.0. The van der Waals surface area contributed by atoms with Gasteiger partial charge in [-0.15, -0.1) is 0 Å². The van der Waals surface area contributed by atoms with Crippen LogP contribution in [0.2, 0.25) is 5.02 Å². The lowest BCUT2D eigenvalue weighted by Crippen LogP contribution is -2.47. The number of anilines is 2. The van der Waals surface area contributed by atoms with Crippen LogP contribution in [0, 0.1) is 11.6 Å². The first kappa shape index (κ1) is 27.6. The summed E-state index contributed by atoms with van der Waals surface area (Å²) in [5.74, 6) is -1.32. The van der Waals surface area contributed by atoms with Gasteiger partial charge in [-0.25, -0.2) is 18.7 Å². The van der Waals surface area contributed by atoms with Crippen LogP contribution in [0.3, 0.4) is 0 Å². The van der Waals surface area contributed by atoms with E-state index in [1.54, 1.807) is 60.6 Å². The number of carbonyl (C=O) groups is 2. The second-order valence-corrected chi connectivity index (χ2v) is 10.7. The molecule has 2 aliphatic rings. The van der Waals surface area contributed by atoms with Crippen LogP contribution in [0.4, 0.5) is 20.4 Å². The largest absolute Gasteiger partial charge is 0.336 e. The topological polar surface area (TPSA) is 99.6 Å². The number of aliphatic imine (C=N–C) groups is 1. The second-order valence-electron chi connectivity index (χ2n) is 10.2. The molecule has 6 rings (SSSR count). The van der Waals surface area contributed by atoms with Crippen molar-refractivity contribution < 1.29 is 18.4 Å². The number of fused-ring (bicyclic) bond motifs is 3. The highest BCUT2D eigenvalue weighted by Gasteiger charge is 2.38. The molecule has 1 fully saturated rings. The Morgan fingerprint density at radius 1 is 1.07 bits per heavy atom. The molecule has 212 valence electrons. The Morgan fingerprint density at radius 2 is 1.83 bits per heavy atom. The van der Waals surface area contributed by atoms with Gasteiger partial charge in [0, 0.05) is 52.3 Å². The van der Waals surface area contributed by atoms with E-state index in [1.165, 1.54) is 18.2 Å². The number of hydrogen-bond acceptors (Lipinski definition) is 7. The van der Waals surface area contributed by atoms with Crippen LogP contribution in [-0.2, 0) is 11.3 Å². The van der Waals surface area contributed by atoms with Gasteiger partial charge in [0.2, 0.25) is 5.95 Å². The third-order valence-electron chi connectivity index (χ3n) is 7.66. The van der Waals surface area contributed by atoms with Crippen LogP contribution in [0.1, 0.15) is 33.5 Å². The molecule has 3 aromatic carbocycles. The standard InChI is InChI=1S/C31H25ClF2N6O2/c1-35-31(17-41)11-12-40(16-31)29(42)18-5-8-21(9-6-18)38-30-37-15-19-14-36-28(26-24(33)3-2-4-25(26)34)23-13-20(32)7-10-22(23)27(19)39-30/h2-10,13,15,17,35H,11-12,14,16H2,1H3,(H,37,38,39). The molecule has 11 heteroatoms. The number of hydrogen-bond donors (Lipinski definition) is 2. The molecule has 3 heterocycles. The molecule has 0 spiro atoms. The number of amides is 1. The molecular formula is C31H25ClF2N6O2. The first-order valence-electron chi connectivity index (χ1n) is 13.3. The molecule has 2 N–H and O–H groups in total. The summed E-state index contributed by atoms with van der Waals surface area (Å²) in [4.78, 5) is 39.9. The molecule has 0 saturated carbocycles. The number of nitrogens with one attached hydrogen (secondary N) is 2. The average molecular weight is 587 g/mol.